The Morgan fingerprint density at radius 2 is 2.00 bits per heavy atom. The Kier molecular flexibility index (Phi) is 4.50. The minimum absolute atomic E-state index is 0.102. The molecule has 0 atom stereocenters. The maximum atomic E-state index is 11.4. The number of aromatic amines is 1. The molecule has 2 aromatic rings. The molecular formula is C16H23N5OS. The summed E-state index contributed by atoms with van der Waals surface area (Å²) in [7, 11) is 0. The van der Waals surface area contributed by atoms with Gasteiger partial charge < -0.3 is 9.88 Å². The summed E-state index contributed by atoms with van der Waals surface area (Å²) < 4.78 is 0. The van der Waals surface area contributed by atoms with E-state index in [4.69, 9.17) is 4.98 Å². The average molecular weight is 333 g/mol. The van der Waals surface area contributed by atoms with Gasteiger partial charge in [-0.3, -0.25) is 9.69 Å². The highest BCUT2D eigenvalue weighted by molar-refractivity contribution is 7.09. The molecular weight excluding hydrogens is 310 g/mol. The van der Waals surface area contributed by atoms with E-state index in [0.29, 0.717) is 0 Å². The summed E-state index contributed by atoms with van der Waals surface area (Å²) >= 11 is 1.75. The maximum Gasteiger partial charge on any atom is 0.252 e. The first-order valence-corrected chi connectivity index (χ1v) is 8.77. The number of aromatic nitrogens is 3. The van der Waals surface area contributed by atoms with Crippen LogP contribution in [0.4, 0.5) is 5.82 Å². The van der Waals surface area contributed by atoms with Crippen molar-refractivity contribution >= 4 is 17.2 Å². The van der Waals surface area contributed by atoms with E-state index in [1.165, 1.54) is 11.3 Å². The second kappa shape index (κ2) is 6.41. The second-order valence-corrected chi connectivity index (χ2v) is 7.78. The summed E-state index contributed by atoms with van der Waals surface area (Å²) in [5.41, 5.74) is 1.17. The zero-order valence-corrected chi connectivity index (χ0v) is 14.7. The molecule has 1 saturated heterocycles. The van der Waals surface area contributed by atoms with Gasteiger partial charge in [-0.25, -0.2) is 9.97 Å². The summed E-state index contributed by atoms with van der Waals surface area (Å²) in [6.45, 7) is 11.2. The molecule has 6 nitrogen and oxygen atoms in total. The molecule has 23 heavy (non-hydrogen) atoms. The molecule has 0 bridgehead atoms. The molecule has 0 aromatic carbocycles. The summed E-state index contributed by atoms with van der Waals surface area (Å²) in [4.78, 5) is 27.5. The number of anilines is 1. The number of piperazine rings is 1. The third-order valence-electron chi connectivity index (χ3n) is 3.94. The number of nitrogens with one attached hydrogen (secondary N) is 1. The summed E-state index contributed by atoms with van der Waals surface area (Å²) in [5, 5.41) is 3.37. The second-order valence-electron chi connectivity index (χ2n) is 6.93. The van der Waals surface area contributed by atoms with Crippen LogP contribution in [0.1, 0.15) is 31.5 Å². The van der Waals surface area contributed by atoms with Crippen LogP contribution >= 0.6 is 11.3 Å². The van der Waals surface area contributed by atoms with Gasteiger partial charge in [-0.15, -0.1) is 11.3 Å². The quantitative estimate of drug-likeness (QED) is 0.928. The fraction of sp³-hybridized carbons (Fsp3) is 0.562. The fourth-order valence-electron chi connectivity index (χ4n) is 2.62. The lowest BCUT2D eigenvalue weighted by Gasteiger charge is -2.34. The van der Waals surface area contributed by atoms with E-state index in [-0.39, 0.29) is 11.0 Å². The van der Waals surface area contributed by atoms with Crippen LogP contribution in [0.5, 0.6) is 0 Å². The average Bonchev–Trinajstić information content (AvgIpc) is 2.97. The van der Waals surface area contributed by atoms with Crippen molar-refractivity contribution in [1.29, 1.82) is 0 Å². The van der Waals surface area contributed by atoms with Gasteiger partial charge in [0.05, 0.1) is 17.0 Å². The monoisotopic (exact) mass is 333 g/mol. The van der Waals surface area contributed by atoms with Crippen molar-refractivity contribution in [3.05, 3.63) is 38.8 Å². The van der Waals surface area contributed by atoms with Gasteiger partial charge in [0.25, 0.3) is 5.56 Å². The van der Waals surface area contributed by atoms with Crippen LogP contribution in [0.25, 0.3) is 0 Å². The van der Waals surface area contributed by atoms with E-state index >= 15 is 0 Å². The predicted octanol–water partition coefficient (Wildman–Crippen LogP) is 1.85. The lowest BCUT2D eigenvalue weighted by Crippen LogP contribution is -2.46. The molecule has 1 fully saturated rings. The lowest BCUT2D eigenvalue weighted by atomic mass is 9.98. The van der Waals surface area contributed by atoms with Gasteiger partial charge in [0.1, 0.15) is 5.82 Å². The predicted molar refractivity (Wildman–Crippen MR) is 93.2 cm³/mol. The third kappa shape index (κ3) is 3.97. The van der Waals surface area contributed by atoms with Crippen LogP contribution in [-0.4, -0.2) is 46.0 Å². The minimum atomic E-state index is -0.102. The zero-order valence-electron chi connectivity index (χ0n) is 13.9. The smallest absolute Gasteiger partial charge is 0.252 e. The molecule has 0 aliphatic carbocycles. The van der Waals surface area contributed by atoms with Crippen molar-refractivity contribution in [2.75, 3.05) is 31.1 Å². The van der Waals surface area contributed by atoms with E-state index < -0.39 is 0 Å². The molecule has 7 heteroatoms. The van der Waals surface area contributed by atoms with E-state index in [1.807, 2.05) is 0 Å². The first-order chi connectivity index (χ1) is 10.9. The van der Waals surface area contributed by atoms with Crippen molar-refractivity contribution in [3.8, 4) is 0 Å². The molecule has 0 radical (unpaired) electrons. The van der Waals surface area contributed by atoms with Crippen molar-refractivity contribution in [1.82, 2.24) is 19.9 Å². The molecule has 0 amide bonds. The number of thiazole rings is 1. The Morgan fingerprint density at radius 3 is 2.61 bits per heavy atom. The van der Waals surface area contributed by atoms with E-state index in [0.717, 1.165) is 44.2 Å². The highest BCUT2D eigenvalue weighted by Crippen LogP contribution is 2.26. The fourth-order valence-corrected chi connectivity index (χ4v) is 3.52. The zero-order chi connectivity index (χ0) is 16.4. The molecule has 1 aliphatic heterocycles. The van der Waals surface area contributed by atoms with Gasteiger partial charge in [-0.1, -0.05) is 20.8 Å². The van der Waals surface area contributed by atoms with E-state index in [9.17, 15) is 4.79 Å². The Labute approximate surface area is 140 Å². The third-order valence-corrected chi connectivity index (χ3v) is 5.26. The topological polar surface area (TPSA) is 65.1 Å². The highest BCUT2D eigenvalue weighted by atomic mass is 32.1. The number of nitrogens with zero attached hydrogens (tertiary/aromatic N) is 4. The molecule has 1 N–H and O–H groups in total. The van der Waals surface area contributed by atoms with Crippen molar-refractivity contribution in [2.24, 2.45) is 0 Å². The normalized spacial score (nSPS) is 16.7. The maximum absolute atomic E-state index is 11.4. The van der Waals surface area contributed by atoms with Gasteiger partial charge in [0.15, 0.2) is 0 Å². The lowest BCUT2D eigenvalue weighted by molar-refractivity contribution is 0.246. The number of hydrogen-bond acceptors (Lipinski definition) is 6. The molecule has 2 aromatic heterocycles. The number of hydrogen-bond donors (Lipinski definition) is 1. The SMILES string of the molecule is CC(C)(C)c1nc(CN2CCN(c3cc(=O)[nH]cn3)CC2)cs1. The summed E-state index contributed by atoms with van der Waals surface area (Å²) in [5.74, 6) is 0.761. The highest BCUT2D eigenvalue weighted by Gasteiger charge is 2.21. The Bertz CT molecular complexity index is 710. The molecule has 1 aliphatic rings. The van der Waals surface area contributed by atoms with Crippen LogP contribution in [0.3, 0.4) is 0 Å². The molecule has 0 unspecified atom stereocenters. The van der Waals surface area contributed by atoms with Gasteiger partial charge in [-0.05, 0) is 0 Å². The molecule has 3 rings (SSSR count). The standard InChI is InChI=1S/C16H23N5OS/c1-16(2,3)15-19-12(10-23-15)9-20-4-6-21(7-5-20)13-8-14(22)18-11-17-13/h8,10-11H,4-7,9H2,1-3H3,(H,17,18,22). The Hall–Kier alpha value is -1.73. The summed E-state index contributed by atoms with van der Waals surface area (Å²) in [6.07, 6.45) is 1.47. The largest absolute Gasteiger partial charge is 0.354 e. The van der Waals surface area contributed by atoms with Crippen LogP contribution in [0.2, 0.25) is 0 Å². The van der Waals surface area contributed by atoms with Crippen molar-refractivity contribution in [2.45, 2.75) is 32.7 Å². The first kappa shape index (κ1) is 16.1. The molecule has 0 saturated carbocycles. The number of H-pyrrole nitrogens is 1. The van der Waals surface area contributed by atoms with Crippen LogP contribution in [0, 0.1) is 0 Å². The van der Waals surface area contributed by atoms with E-state index in [2.05, 4.69) is 45.9 Å². The molecule has 3 heterocycles. The van der Waals surface area contributed by atoms with E-state index in [1.54, 1.807) is 17.4 Å². The number of rotatable bonds is 3. The first-order valence-electron chi connectivity index (χ1n) is 7.89. The van der Waals surface area contributed by atoms with Crippen molar-refractivity contribution < 1.29 is 0 Å². The van der Waals surface area contributed by atoms with Crippen molar-refractivity contribution in [3.63, 3.8) is 0 Å². The van der Waals surface area contributed by atoms with Gasteiger partial charge in [-0.2, -0.15) is 0 Å². The minimum Gasteiger partial charge on any atom is -0.354 e. The van der Waals surface area contributed by atoms with Gasteiger partial charge in [0, 0.05) is 49.6 Å². The van der Waals surface area contributed by atoms with Crippen LogP contribution < -0.4 is 10.5 Å². The Morgan fingerprint density at radius 1 is 1.26 bits per heavy atom. The summed E-state index contributed by atoms with van der Waals surface area (Å²) in [6, 6.07) is 1.56. The van der Waals surface area contributed by atoms with Gasteiger partial charge >= 0.3 is 0 Å². The molecule has 0 spiro atoms. The molecule has 124 valence electrons. The van der Waals surface area contributed by atoms with Crippen LogP contribution in [0.15, 0.2) is 22.6 Å². The van der Waals surface area contributed by atoms with Gasteiger partial charge in [0.2, 0.25) is 0 Å². The van der Waals surface area contributed by atoms with Crippen LogP contribution in [-0.2, 0) is 12.0 Å². The Balaban J connectivity index is 1.57.